The fourth-order valence-corrected chi connectivity index (χ4v) is 1.78. The minimum absolute atomic E-state index is 0.0640. The summed E-state index contributed by atoms with van der Waals surface area (Å²) in [6.45, 7) is 0.975. The van der Waals surface area contributed by atoms with Crippen molar-refractivity contribution in [3.8, 4) is 0 Å². The van der Waals surface area contributed by atoms with E-state index < -0.39 is 0 Å². The van der Waals surface area contributed by atoms with Gasteiger partial charge in [0.05, 0.1) is 12.3 Å². The molecule has 1 fully saturated rings. The molecule has 4 nitrogen and oxygen atoms in total. The van der Waals surface area contributed by atoms with Gasteiger partial charge < -0.3 is 10.4 Å². The van der Waals surface area contributed by atoms with Gasteiger partial charge in [0.2, 0.25) is 0 Å². The van der Waals surface area contributed by atoms with Crippen molar-refractivity contribution >= 4 is 0 Å². The summed E-state index contributed by atoms with van der Waals surface area (Å²) in [6.07, 6.45) is 6.71. The number of aromatic nitrogens is 2. The monoisotopic (exact) mass is 195 g/mol. The summed E-state index contributed by atoms with van der Waals surface area (Å²) in [5.41, 5.74) is 1.26. The number of hydrogen-bond donors (Lipinski definition) is 2. The van der Waals surface area contributed by atoms with Crippen LogP contribution >= 0.6 is 0 Å². The first-order valence-electron chi connectivity index (χ1n) is 5.13. The summed E-state index contributed by atoms with van der Waals surface area (Å²) >= 11 is 0. The number of nitrogens with one attached hydrogen (secondary N) is 1. The minimum Gasteiger partial charge on any atom is -0.393 e. The van der Waals surface area contributed by atoms with Crippen LogP contribution in [-0.4, -0.2) is 33.6 Å². The van der Waals surface area contributed by atoms with Gasteiger partial charge in [-0.2, -0.15) is 5.10 Å². The zero-order chi connectivity index (χ0) is 9.97. The van der Waals surface area contributed by atoms with Gasteiger partial charge in [-0.25, -0.2) is 0 Å². The quantitative estimate of drug-likeness (QED) is 0.715. The van der Waals surface area contributed by atoms with E-state index in [4.69, 9.17) is 5.11 Å². The second-order valence-corrected chi connectivity index (χ2v) is 4.05. The lowest BCUT2D eigenvalue weighted by Gasteiger charge is -2.32. The van der Waals surface area contributed by atoms with E-state index in [0.29, 0.717) is 6.04 Å². The Balaban J connectivity index is 1.63. The Bertz CT molecular complexity index is 291. The highest BCUT2D eigenvalue weighted by Gasteiger charge is 2.25. The van der Waals surface area contributed by atoms with Crippen LogP contribution < -0.4 is 5.32 Å². The van der Waals surface area contributed by atoms with Crippen molar-refractivity contribution < 1.29 is 5.11 Å². The number of nitrogens with zero attached hydrogens (tertiary/aromatic N) is 2. The van der Waals surface area contributed by atoms with E-state index in [-0.39, 0.29) is 6.10 Å². The molecule has 0 aliphatic heterocycles. The zero-order valence-electron chi connectivity index (χ0n) is 8.48. The van der Waals surface area contributed by atoms with Crippen LogP contribution in [0.25, 0.3) is 0 Å². The average molecular weight is 195 g/mol. The van der Waals surface area contributed by atoms with Crippen molar-refractivity contribution in [1.29, 1.82) is 0 Å². The molecule has 2 rings (SSSR count). The molecule has 1 aliphatic carbocycles. The molecule has 78 valence electrons. The van der Waals surface area contributed by atoms with Crippen molar-refractivity contribution in [3.63, 3.8) is 0 Å². The van der Waals surface area contributed by atoms with Crippen LogP contribution in [0.3, 0.4) is 0 Å². The molecule has 0 radical (unpaired) electrons. The Morgan fingerprint density at radius 2 is 2.43 bits per heavy atom. The standard InChI is InChI=1S/C10H17N3O/c1-13-7-8(6-12-13)2-3-11-9-4-10(14)5-9/h6-7,9-11,14H,2-5H2,1H3. The maximum Gasteiger partial charge on any atom is 0.0570 e. The highest BCUT2D eigenvalue weighted by molar-refractivity contribution is 5.04. The largest absolute Gasteiger partial charge is 0.393 e. The van der Waals surface area contributed by atoms with E-state index in [1.807, 2.05) is 24.1 Å². The zero-order valence-corrected chi connectivity index (χ0v) is 8.48. The minimum atomic E-state index is -0.0640. The fourth-order valence-electron chi connectivity index (χ4n) is 1.78. The fraction of sp³-hybridized carbons (Fsp3) is 0.700. The molecule has 4 heteroatoms. The number of aliphatic hydroxyl groups is 1. The molecule has 0 atom stereocenters. The van der Waals surface area contributed by atoms with Gasteiger partial charge in [-0.3, -0.25) is 4.68 Å². The van der Waals surface area contributed by atoms with Crippen molar-refractivity contribution in [3.05, 3.63) is 18.0 Å². The van der Waals surface area contributed by atoms with Crippen LogP contribution in [0.15, 0.2) is 12.4 Å². The molecule has 0 unspecified atom stereocenters. The van der Waals surface area contributed by atoms with Crippen molar-refractivity contribution in [1.82, 2.24) is 15.1 Å². The lowest BCUT2D eigenvalue weighted by Crippen LogP contribution is -2.44. The van der Waals surface area contributed by atoms with Gasteiger partial charge in [0.1, 0.15) is 0 Å². The number of rotatable bonds is 4. The number of aliphatic hydroxyl groups excluding tert-OH is 1. The smallest absolute Gasteiger partial charge is 0.0570 e. The topological polar surface area (TPSA) is 50.1 Å². The molecule has 2 N–H and O–H groups in total. The molecule has 0 amide bonds. The Labute approximate surface area is 83.9 Å². The molecule has 1 aliphatic rings. The van der Waals surface area contributed by atoms with Crippen LogP contribution in [0.1, 0.15) is 18.4 Å². The van der Waals surface area contributed by atoms with Crippen LogP contribution in [0.2, 0.25) is 0 Å². The van der Waals surface area contributed by atoms with Crippen LogP contribution in [-0.2, 0) is 13.5 Å². The highest BCUT2D eigenvalue weighted by atomic mass is 16.3. The Morgan fingerprint density at radius 1 is 1.64 bits per heavy atom. The lowest BCUT2D eigenvalue weighted by atomic mass is 9.89. The van der Waals surface area contributed by atoms with Gasteiger partial charge >= 0.3 is 0 Å². The summed E-state index contributed by atoms with van der Waals surface area (Å²) in [6, 6.07) is 0.529. The normalized spacial score (nSPS) is 26.1. The van der Waals surface area contributed by atoms with Crippen LogP contribution in [0.5, 0.6) is 0 Å². The van der Waals surface area contributed by atoms with Crippen molar-refractivity contribution in [2.24, 2.45) is 7.05 Å². The summed E-state index contributed by atoms with van der Waals surface area (Å²) in [7, 11) is 1.93. The van der Waals surface area contributed by atoms with Crippen LogP contribution in [0, 0.1) is 0 Å². The third kappa shape index (κ3) is 2.33. The summed E-state index contributed by atoms with van der Waals surface area (Å²) < 4.78 is 1.82. The molecule has 1 aromatic rings. The van der Waals surface area contributed by atoms with Gasteiger partial charge in [-0.15, -0.1) is 0 Å². The molecular weight excluding hydrogens is 178 g/mol. The van der Waals surface area contributed by atoms with Crippen molar-refractivity contribution in [2.75, 3.05) is 6.54 Å². The SMILES string of the molecule is Cn1cc(CCNC2CC(O)C2)cn1. The molecule has 0 spiro atoms. The van der Waals surface area contributed by atoms with Gasteiger partial charge in [0, 0.05) is 19.3 Å². The van der Waals surface area contributed by atoms with E-state index >= 15 is 0 Å². The Kier molecular flexibility index (Phi) is 2.84. The number of aryl methyl sites for hydroxylation is 1. The van der Waals surface area contributed by atoms with E-state index in [2.05, 4.69) is 10.4 Å². The molecule has 1 aromatic heterocycles. The van der Waals surface area contributed by atoms with E-state index in [9.17, 15) is 0 Å². The summed E-state index contributed by atoms with van der Waals surface area (Å²) in [5, 5.41) is 16.6. The Morgan fingerprint density at radius 3 is 3.00 bits per heavy atom. The molecule has 14 heavy (non-hydrogen) atoms. The van der Waals surface area contributed by atoms with E-state index in [1.54, 1.807) is 0 Å². The maximum atomic E-state index is 9.08. The van der Waals surface area contributed by atoms with Gasteiger partial charge in [0.15, 0.2) is 0 Å². The molecular formula is C10H17N3O. The third-order valence-corrected chi connectivity index (χ3v) is 2.72. The van der Waals surface area contributed by atoms with Gasteiger partial charge in [-0.1, -0.05) is 0 Å². The average Bonchev–Trinajstić information content (AvgIpc) is 2.48. The molecule has 1 saturated carbocycles. The number of hydrogen-bond acceptors (Lipinski definition) is 3. The first kappa shape index (κ1) is 9.68. The second-order valence-electron chi connectivity index (χ2n) is 4.05. The molecule has 1 heterocycles. The first-order chi connectivity index (χ1) is 6.74. The summed E-state index contributed by atoms with van der Waals surface area (Å²) in [4.78, 5) is 0. The van der Waals surface area contributed by atoms with Crippen molar-refractivity contribution in [2.45, 2.75) is 31.4 Å². The maximum absolute atomic E-state index is 9.08. The van der Waals surface area contributed by atoms with E-state index in [0.717, 1.165) is 25.8 Å². The van der Waals surface area contributed by atoms with Gasteiger partial charge in [-0.05, 0) is 31.4 Å². The van der Waals surface area contributed by atoms with Gasteiger partial charge in [0.25, 0.3) is 0 Å². The molecule has 0 aromatic carbocycles. The third-order valence-electron chi connectivity index (χ3n) is 2.72. The summed E-state index contributed by atoms with van der Waals surface area (Å²) in [5.74, 6) is 0. The lowest BCUT2D eigenvalue weighted by molar-refractivity contribution is 0.0629. The Hall–Kier alpha value is -0.870. The molecule has 0 bridgehead atoms. The first-order valence-corrected chi connectivity index (χ1v) is 5.13. The van der Waals surface area contributed by atoms with Crippen LogP contribution in [0.4, 0.5) is 0 Å². The predicted molar refractivity (Wildman–Crippen MR) is 53.9 cm³/mol. The predicted octanol–water partition coefficient (Wildman–Crippen LogP) is 0.0755. The van der Waals surface area contributed by atoms with E-state index in [1.165, 1.54) is 5.56 Å². The second kappa shape index (κ2) is 4.11. The molecule has 0 saturated heterocycles. The highest BCUT2D eigenvalue weighted by Crippen LogP contribution is 2.18.